The zero-order valence-corrected chi connectivity index (χ0v) is 12.7. The Balaban J connectivity index is 2.47. The quantitative estimate of drug-likeness (QED) is 0.753. The van der Waals surface area contributed by atoms with Crippen LogP contribution in [-0.2, 0) is 9.53 Å². The molecule has 0 spiro atoms. The highest BCUT2D eigenvalue weighted by Crippen LogP contribution is 2.24. The van der Waals surface area contributed by atoms with Crippen molar-refractivity contribution in [2.75, 3.05) is 24.8 Å². The fourth-order valence-electron chi connectivity index (χ4n) is 1.52. The Kier molecular flexibility index (Phi) is 5.82. The molecule has 5 heteroatoms. The number of carbonyl (C=O) groups excluding carboxylic acids is 1. The van der Waals surface area contributed by atoms with Crippen LogP contribution in [0.3, 0.4) is 0 Å². The van der Waals surface area contributed by atoms with E-state index >= 15 is 0 Å². The molecule has 0 aromatic heterocycles. The van der Waals surface area contributed by atoms with Crippen LogP contribution >= 0.6 is 0 Å². The van der Waals surface area contributed by atoms with Gasteiger partial charge < -0.3 is 20.5 Å². The van der Waals surface area contributed by atoms with Crippen molar-refractivity contribution in [3.05, 3.63) is 18.2 Å². The second-order valence-electron chi connectivity index (χ2n) is 5.21. The lowest BCUT2D eigenvalue weighted by Gasteiger charge is -2.23. The molecule has 0 bridgehead atoms. The van der Waals surface area contributed by atoms with Gasteiger partial charge in [-0.1, -0.05) is 6.92 Å². The molecule has 5 nitrogen and oxygen atoms in total. The molecule has 0 radical (unpaired) electrons. The van der Waals surface area contributed by atoms with Gasteiger partial charge in [0.25, 0.3) is 0 Å². The van der Waals surface area contributed by atoms with Crippen LogP contribution in [0.5, 0.6) is 5.75 Å². The second kappa shape index (κ2) is 7.14. The first kappa shape index (κ1) is 16.3. The molecule has 0 fully saturated rings. The Bertz CT molecular complexity index is 458. The third kappa shape index (κ3) is 5.09. The highest BCUT2D eigenvalue weighted by atomic mass is 16.5. The Morgan fingerprint density at radius 1 is 1.40 bits per heavy atom. The van der Waals surface area contributed by atoms with E-state index in [-0.39, 0.29) is 11.5 Å². The van der Waals surface area contributed by atoms with Crippen LogP contribution in [0.2, 0.25) is 0 Å². The average molecular weight is 280 g/mol. The van der Waals surface area contributed by atoms with Crippen LogP contribution in [0.4, 0.5) is 11.4 Å². The number of nitrogen functional groups attached to an aromatic ring is 1. The first-order chi connectivity index (χ1) is 9.38. The fourth-order valence-corrected chi connectivity index (χ4v) is 1.52. The third-order valence-corrected chi connectivity index (χ3v) is 3.21. The number of nitrogens with one attached hydrogen (secondary N) is 1. The number of ether oxygens (including phenoxy) is 2. The summed E-state index contributed by atoms with van der Waals surface area (Å²) in [5, 5.41) is 2.77. The highest BCUT2D eigenvalue weighted by Gasteiger charge is 2.15. The van der Waals surface area contributed by atoms with Gasteiger partial charge in [0.1, 0.15) is 5.75 Å². The minimum absolute atomic E-state index is 0.117. The van der Waals surface area contributed by atoms with Gasteiger partial charge in [0.15, 0.2) is 0 Å². The van der Waals surface area contributed by atoms with Crippen molar-refractivity contribution in [3.8, 4) is 5.75 Å². The fraction of sp³-hybridized carbons (Fsp3) is 0.533. The first-order valence-electron chi connectivity index (χ1n) is 6.75. The van der Waals surface area contributed by atoms with Crippen molar-refractivity contribution in [1.29, 1.82) is 0 Å². The molecule has 112 valence electrons. The van der Waals surface area contributed by atoms with Crippen LogP contribution in [0.25, 0.3) is 0 Å². The third-order valence-electron chi connectivity index (χ3n) is 3.21. The van der Waals surface area contributed by atoms with Gasteiger partial charge in [0.05, 0.1) is 37.1 Å². The van der Waals surface area contributed by atoms with E-state index in [1.807, 2.05) is 13.8 Å². The molecule has 3 N–H and O–H groups in total. The van der Waals surface area contributed by atoms with E-state index in [0.717, 1.165) is 6.42 Å². The maximum absolute atomic E-state index is 11.8. The van der Waals surface area contributed by atoms with Gasteiger partial charge in [0.2, 0.25) is 5.91 Å². The van der Waals surface area contributed by atoms with Gasteiger partial charge in [-0.3, -0.25) is 4.79 Å². The van der Waals surface area contributed by atoms with Crippen molar-refractivity contribution < 1.29 is 14.3 Å². The second-order valence-corrected chi connectivity index (χ2v) is 5.21. The van der Waals surface area contributed by atoms with Crippen molar-refractivity contribution in [2.24, 2.45) is 0 Å². The van der Waals surface area contributed by atoms with Crippen LogP contribution in [0.15, 0.2) is 18.2 Å². The smallest absolute Gasteiger partial charge is 0.226 e. The topological polar surface area (TPSA) is 73.6 Å². The highest BCUT2D eigenvalue weighted by molar-refractivity contribution is 5.94. The predicted octanol–water partition coefficient (Wildman–Crippen LogP) is 2.81. The van der Waals surface area contributed by atoms with E-state index in [4.69, 9.17) is 15.2 Å². The van der Waals surface area contributed by atoms with Gasteiger partial charge in [-0.2, -0.15) is 0 Å². The SMILES string of the molecule is CCC(C)(C)OCCC(=O)Nc1ccc(OC)cc1N. The average Bonchev–Trinajstić information content (AvgIpc) is 2.41. The van der Waals surface area contributed by atoms with Crippen molar-refractivity contribution >= 4 is 17.3 Å². The molecule has 1 amide bonds. The van der Waals surface area contributed by atoms with Gasteiger partial charge >= 0.3 is 0 Å². The number of nitrogens with two attached hydrogens (primary N) is 1. The van der Waals surface area contributed by atoms with Crippen LogP contribution in [0.1, 0.15) is 33.6 Å². The van der Waals surface area contributed by atoms with Gasteiger partial charge in [-0.05, 0) is 32.4 Å². The molecular formula is C15H24N2O3. The normalized spacial score (nSPS) is 11.2. The summed E-state index contributed by atoms with van der Waals surface area (Å²) in [5.74, 6) is 0.544. The van der Waals surface area contributed by atoms with E-state index in [0.29, 0.717) is 30.2 Å². The summed E-state index contributed by atoms with van der Waals surface area (Å²) in [7, 11) is 1.57. The van der Waals surface area contributed by atoms with E-state index in [1.54, 1.807) is 25.3 Å². The Hall–Kier alpha value is -1.75. The lowest BCUT2D eigenvalue weighted by Crippen LogP contribution is -2.25. The summed E-state index contributed by atoms with van der Waals surface area (Å²) in [6, 6.07) is 5.15. The van der Waals surface area contributed by atoms with Gasteiger partial charge in [0, 0.05) is 6.07 Å². The largest absolute Gasteiger partial charge is 0.497 e. The summed E-state index contributed by atoms with van der Waals surface area (Å²) in [6.45, 7) is 6.46. The van der Waals surface area contributed by atoms with Crippen LogP contribution in [-0.4, -0.2) is 25.2 Å². The Morgan fingerprint density at radius 3 is 2.65 bits per heavy atom. The Morgan fingerprint density at radius 2 is 2.10 bits per heavy atom. The molecular weight excluding hydrogens is 256 g/mol. The molecule has 1 aromatic rings. The van der Waals surface area contributed by atoms with Gasteiger partial charge in [-0.15, -0.1) is 0 Å². The predicted molar refractivity (Wildman–Crippen MR) is 81.0 cm³/mol. The van der Waals surface area contributed by atoms with Crippen LogP contribution in [0, 0.1) is 0 Å². The molecule has 20 heavy (non-hydrogen) atoms. The molecule has 1 rings (SSSR count). The summed E-state index contributed by atoms with van der Waals surface area (Å²) < 4.78 is 10.7. The van der Waals surface area contributed by atoms with E-state index in [9.17, 15) is 4.79 Å². The van der Waals surface area contributed by atoms with Gasteiger partial charge in [-0.25, -0.2) is 0 Å². The molecule has 1 aromatic carbocycles. The standard InChI is InChI=1S/C15H24N2O3/c1-5-15(2,3)20-9-8-14(18)17-13-7-6-11(19-4)10-12(13)16/h6-7,10H,5,8-9,16H2,1-4H3,(H,17,18). The molecule has 0 aliphatic carbocycles. The summed E-state index contributed by atoms with van der Waals surface area (Å²) in [6.07, 6.45) is 1.20. The van der Waals surface area contributed by atoms with Crippen molar-refractivity contribution in [1.82, 2.24) is 0 Å². The number of carbonyl (C=O) groups is 1. The monoisotopic (exact) mass is 280 g/mol. The molecule has 0 aliphatic heterocycles. The van der Waals surface area contributed by atoms with Crippen LogP contribution < -0.4 is 15.8 Å². The zero-order valence-electron chi connectivity index (χ0n) is 12.7. The van der Waals surface area contributed by atoms with Crippen molar-refractivity contribution in [2.45, 2.75) is 39.2 Å². The number of methoxy groups -OCH3 is 1. The maximum atomic E-state index is 11.8. The number of hydrogen-bond acceptors (Lipinski definition) is 4. The number of hydrogen-bond donors (Lipinski definition) is 2. The maximum Gasteiger partial charge on any atom is 0.226 e. The number of benzene rings is 1. The summed E-state index contributed by atoms with van der Waals surface area (Å²) in [4.78, 5) is 11.8. The Labute approximate surface area is 120 Å². The molecule has 0 atom stereocenters. The molecule has 0 saturated carbocycles. The molecule has 0 saturated heterocycles. The minimum Gasteiger partial charge on any atom is -0.497 e. The summed E-state index contributed by atoms with van der Waals surface area (Å²) in [5.41, 5.74) is 6.71. The molecule has 0 aliphatic rings. The lowest BCUT2D eigenvalue weighted by atomic mass is 10.1. The summed E-state index contributed by atoms with van der Waals surface area (Å²) >= 11 is 0. The number of rotatable bonds is 7. The zero-order chi connectivity index (χ0) is 15.2. The molecule has 0 heterocycles. The number of anilines is 2. The van der Waals surface area contributed by atoms with E-state index < -0.39 is 0 Å². The lowest BCUT2D eigenvalue weighted by molar-refractivity contribution is -0.118. The van der Waals surface area contributed by atoms with E-state index in [2.05, 4.69) is 12.2 Å². The molecule has 0 unspecified atom stereocenters. The minimum atomic E-state index is -0.195. The van der Waals surface area contributed by atoms with Crippen molar-refractivity contribution in [3.63, 3.8) is 0 Å². The number of amides is 1. The first-order valence-corrected chi connectivity index (χ1v) is 6.75. The van der Waals surface area contributed by atoms with E-state index in [1.165, 1.54) is 0 Å².